The molecule has 3 N–H and O–H groups in total. The summed E-state index contributed by atoms with van der Waals surface area (Å²) in [6, 6.07) is 10.9. The van der Waals surface area contributed by atoms with Gasteiger partial charge in [0.15, 0.2) is 5.82 Å². The van der Waals surface area contributed by atoms with Crippen molar-refractivity contribution in [1.82, 2.24) is 40.3 Å². The number of aromatic nitrogens is 3. The van der Waals surface area contributed by atoms with Crippen molar-refractivity contribution >= 4 is 51.0 Å². The number of benzene rings is 3. The van der Waals surface area contributed by atoms with Crippen LogP contribution in [-0.2, 0) is 4.79 Å². The van der Waals surface area contributed by atoms with Crippen molar-refractivity contribution < 1.29 is 37.7 Å². The fourth-order valence-corrected chi connectivity index (χ4v) is 12.6. The van der Waals surface area contributed by atoms with Crippen molar-refractivity contribution in [2.45, 2.75) is 76.8 Å². The minimum absolute atomic E-state index is 0.0268. The number of rotatable bonds is 12. The van der Waals surface area contributed by atoms with Gasteiger partial charge in [0.25, 0.3) is 5.91 Å². The van der Waals surface area contributed by atoms with Crippen molar-refractivity contribution in [3.05, 3.63) is 71.4 Å². The lowest BCUT2D eigenvalue weighted by Gasteiger charge is -2.47. The lowest BCUT2D eigenvalue weighted by molar-refractivity contribution is -0.120. The number of pyridine rings is 1. The predicted octanol–water partition coefficient (Wildman–Crippen LogP) is 6.95. The molecule has 5 saturated heterocycles. The minimum atomic E-state index is -0.740. The smallest absolute Gasteiger partial charge is 0.328 e. The van der Waals surface area contributed by atoms with E-state index < -0.39 is 17.7 Å². The second-order valence-corrected chi connectivity index (χ2v) is 21.6. The second-order valence-electron chi connectivity index (χ2n) is 21.6. The lowest BCUT2D eigenvalue weighted by Crippen LogP contribution is -2.51. The molecule has 11 rings (SSSR count). The number of ether oxygens (including phenoxy) is 2. The molecule has 16 nitrogen and oxygen atoms in total. The Kier molecular flexibility index (Phi) is 13.8. The van der Waals surface area contributed by atoms with Crippen LogP contribution >= 0.6 is 0 Å². The van der Waals surface area contributed by atoms with Crippen LogP contribution < -0.4 is 29.9 Å². The summed E-state index contributed by atoms with van der Waals surface area (Å²) in [5.74, 6) is 2.35. The standard InChI is InChI=1S/C56H64F2N10O6/c1-4-41-44(57)9-5-36-25-40(69)27-42(48(36)41)50-49(58)51-43(28-59-50)52(67-31-38-7-8-39(32-67)60-38)63-54(62-51)74-33-34(2)29-64-21-23-65(24-22-64)30-35-11-14-56(15-12-35)16-19-66(20-17-56)53(71)37-6-10-46(73-3)45(26-37)68-18-13-47(70)61-55(68)72/h1,5-6,9-10,25-28,34-35,38-39,60,69H,7-8,11-24,29-33H2,2-3H3,(H,61,70,72). The summed E-state index contributed by atoms with van der Waals surface area (Å²) in [7, 11) is 1.52. The third kappa shape index (κ3) is 9.89. The summed E-state index contributed by atoms with van der Waals surface area (Å²) in [6.45, 7) is 11.4. The van der Waals surface area contributed by atoms with Gasteiger partial charge in [0, 0.05) is 119 Å². The first kappa shape index (κ1) is 49.5. The molecule has 4 amide bonds. The maximum Gasteiger partial charge on any atom is 0.328 e. The van der Waals surface area contributed by atoms with Gasteiger partial charge in [-0.1, -0.05) is 18.9 Å². The Morgan fingerprint density at radius 2 is 1.68 bits per heavy atom. The quantitative estimate of drug-likeness (QED) is 0.110. The SMILES string of the molecule is C#Cc1c(F)ccc2cc(O)cc(-c3ncc4c(N5CC6CCC(C5)N6)nc(OCC(C)CN5CCN(CC6CCC7(CC6)CCN(C(=O)c6ccc(OC)c(N8CCC(=O)NC8=O)c6)CC7)CC5)nc4c3F)c12. The molecule has 3 atom stereocenters. The Bertz CT molecular complexity index is 3020. The number of fused-ring (bicyclic) bond motifs is 4. The molecule has 2 bridgehead atoms. The van der Waals surface area contributed by atoms with Crippen molar-refractivity contribution in [1.29, 1.82) is 0 Å². The van der Waals surface area contributed by atoms with Crippen molar-refractivity contribution in [3.63, 3.8) is 0 Å². The number of nitrogens with zero attached hydrogens (tertiary/aromatic N) is 8. The first-order valence-electron chi connectivity index (χ1n) is 26.3. The Balaban J connectivity index is 0.682. The zero-order chi connectivity index (χ0) is 51.3. The van der Waals surface area contributed by atoms with Gasteiger partial charge < -0.3 is 39.5 Å². The van der Waals surface area contributed by atoms with E-state index in [9.17, 15) is 19.5 Å². The molecule has 1 saturated carbocycles. The number of carbonyl (C=O) groups excluding carboxylic acids is 3. The van der Waals surface area contributed by atoms with Crippen LogP contribution in [0.25, 0.3) is 32.9 Å². The number of halogens is 2. The minimum Gasteiger partial charge on any atom is -0.508 e. The highest BCUT2D eigenvalue weighted by molar-refractivity contribution is 6.07. The van der Waals surface area contributed by atoms with E-state index in [0.717, 1.165) is 65.0 Å². The lowest BCUT2D eigenvalue weighted by atomic mass is 9.65. The number of likely N-dealkylation sites (tertiary alicyclic amines) is 1. The predicted molar refractivity (Wildman–Crippen MR) is 278 cm³/mol. The van der Waals surface area contributed by atoms with Gasteiger partial charge in [0.1, 0.15) is 34.3 Å². The molecule has 7 heterocycles. The molecule has 0 radical (unpaired) electrons. The van der Waals surface area contributed by atoms with E-state index >= 15 is 8.78 Å². The molecule has 5 aromatic rings. The van der Waals surface area contributed by atoms with Crippen LogP contribution in [0.15, 0.2) is 48.7 Å². The molecule has 5 aliphatic heterocycles. The van der Waals surface area contributed by atoms with Crippen LogP contribution in [-0.4, -0.2) is 150 Å². The molecule has 1 aliphatic carbocycles. The molecular weight excluding hydrogens is 947 g/mol. The van der Waals surface area contributed by atoms with Gasteiger partial charge in [-0.15, -0.1) is 6.42 Å². The van der Waals surface area contributed by atoms with Crippen LogP contribution in [0, 0.1) is 41.2 Å². The van der Waals surface area contributed by atoms with E-state index in [1.165, 1.54) is 62.0 Å². The summed E-state index contributed by atoms with van der Waals surface area (Å²) in [5.41, 5.74) is 1.29. The van der Waals surface area contributed by atoms with E-state index in [1.54, 1.807) is 24.4 Å². The van der Waals surface area contributed by atoms with Crippen LogP contribution in [0.4, 0.5) is 25.1 Å². The number of nitrogens with one attached hydrogen (secondary N) is 2. The topological polar surface area (TPSA) is 169 Å². The number of amides is 4. The Morgan fingerprint density at radius 1 is 0.932 bits per heavy atom. The summed E-state index contributed by atoms with van der Waals surface area (Å²) >= 11 is 0. The number of hydrogen-bond donors (Lipinski definition) is 3. The molecule has 6 aliphatic rings. The van der Waals surface area contributed by atoms with E-state index in [2.05, 4.69) is 48.1 Å². The third-order valence-electron chi connectivity index (χ3n) is 16.7. The number of anilines is 2. The van der Waals surface area contributed by atoms with Gasteiger partial charge in [-0.25, -0.2) is 13.6 Å². The number of phenolic OH excluding ortho intramolecular Hbond substituents is 1. The molecular formula is C56H64F2N10O6. The average molecular weight is 1010 g/mol. The number of phenols is 1. The molecule has 74 heavy (non-hydrogen) atoms. The highest BCUT2D eigenvalue weighted by Gasteiger charge is 2.40. The summed E-state index contributed by atoms with van der Waals surface area (Å²) in [5, 5.41) is 17.9. The van der Waals surface area contributed by atoms with Gasteiger partial charge in [-0.2, -0.15) is 9.97 Å². The van der Waals surface area contributed by atoms with E-state index in [1.807, 2.05) is 4.90 Å². The number of aromatic hydroxyl groups is 1. The average Bonchev–Trinajstić information content (AvgIpc) is 3.75. The number of piperidine rings is 1. The largest absolute Gasteiger partial charge is 0.508 e. The number of methoxy groups -OCH3 is 1. The van der Waals surface area contributed by atoms with E-state index in [4.69, 9.17) is 20.9 Å². The van der Waals surface area contributed by atoms with Crippen molar-refractivity contribution in [2.24, 2.45) is 17.3 Å². The van der Waals surface area contributed by atoms with E-state index in [0.29, 0.717) is 84.4 Å². The molecule has 18 heteroatoms. The van der Waals surface area contributed by atoms with Crippen LogP contribution in [0.5, 0.6) is 17.5 Å². The third-order valence-corrected chi connectivity index (χ3v) is 16.7. The highest BCUT2D eigenvalue weighted by Crippen LogP contribution is 2.47. The van der Waals surface area contributed by atoms with Gasteiger partial charge in [-0.05, 0) is 104 Å². The van der Waals surface area contributed by atoms with Crippen LogP contribution in [0.1, 0.15) is 80.6 Å². The Labute approximate surface area is 429 Å². The number of urea groups is 1. The number of hydrogen-bond acceptors (Lipinski definition) is 13. The monoisotopic (exact) mass is 1010 g/mol. The molecule has 3 aromatic carbocycles. The number of carbonyl (C=O) groups is 3. The number of piperazine rings is 2. The Hall–Kier alpha value is -6.68. The van der Waals surface area contributed by atoms with Crippen LogP contribution in [0.3, 0.4) is 0 Å². The maximum atomic E-state index is 17.1. The summed E-state index contributed by atoms with van der Waals surface area (Å²) < 4.78 is 44.0. The van der Waals surface area contributed by atoms with Gasteiger partial charge >= 0.3 is 12.0 Å². The molecule has 3 unspecified atom stereocenters. The van der Waals surface area contributed by atoms with Gasteiger partial charge in [0.05, 0.1) is 30.4 Å². The highest BCUT2D eigenvalue weighted by atomic mass is 19.1. The fraction of sp³-hybridized carbons (Fsp3) is 0.500. The number of imide groups is 1. The zero-order valence-electron chi connectivity index (χ0n) is 42.2. The fourth-order valence-electron chi connectivity index (χ4n) is 12.6. The Morgan fingerprint density at radius 3 is 2.39 bits per heavy atom. The maximum absolute atomic E-state index is 17.1. The second kappa shape index (κ2) is 20.6. The summed E-state index contributed by atoms with van der Waals surface area (Å²) in [6.07, 6.45) is 16.3. The first-order chi connectivity index (χ1) is 35.8. The van der Waals surface area contributed by atoms with Gasteiger partial charge in [-0.3, -0.25) is 24.8 Å². The van der Waals surface area contributed by atoms with Crippen molar-refractivity contribution in [2.75, 3.05) is 95.5 Å². The van der Waals surface area contributed by atoms with Crippen molar-refractivity contribution in [3.8, 4) is 41.1 Å². The first-order valence-corrected chi connectivity index (χ1v) is 26.3. The normalized spacial score (nSPS) is 22.1. The number of terminal acetylenes is 1. The summed E-state index contributed by atoms with van der Waals surface area (Å²) in [4.78, 5) is 63.0. The van der Waals surface area contributed by atoms with Gasteiger partial charge in [0.2, 0.25) is 5.91 Å². The zero-order valence-corrected chi connectivity index (χ0v) is 42.2. The van der Waals surface area contributed by atoms with Crippen LogP contribution in [0.2, 0.25) is 0 Å². The molecule has 2 aromatic heterocycles. The molecule has 388 valence electrons. The van der Waals surface area contributed by atoms with E-state index in [-0.39, 0.29) is 75.6 Å². The molecule has 1 spiro atoms. The molecule has 6 fully saturated rings.